The molecule has 212 valence electrons. The number of thiazole rings is 1. The lowest BCUT2D eigenvalue weighted by atomic mass is 9.80. The van der Waals surface area contributed by atoms with Gasteiger partial charge in [-0.15, -0.1) is 11.3 Å². The fourth-order valence-corrected chi connectivity index (χ4v) is 4.37. The molecule has 10 nitrogen and oxygen atoms in total. The van der Waals surface area contributed by atoms with E-state index < -0.39 is 24.3 Å². The van der Waals surface area contributed by atoms with Crippen molar-refractivity contribution in [3.63, 3.8) is 0 Å². The monoisotopic (exact) mass is 566 g/mol. The highest BCUT2D eigenvalue weighted by Gasteiger charge is 2.40. The first-order valence-corrected chi connectivity index (χ1v) is 11.7. The third kappa shape index (κ3) is 12.5. The molecule has 3 rings (SSSR count). The molecule has 2 aliphatic heterocycles. The lowest BCUT2D eigenvalue weighted by Crippen LogP contribution is -2.51. The van der Waals surface area contributed by atoms with Crippen LogP contribution in [0.15, 0.2) is 11.6 Å². The van der Waals surface area contributed by atoms with E-state index in [2.05, 4.69) is 20.1 Å². The molecule has 1 aromatic heterocycles. The van der Waals surface area contributed by atoms with Crippen LogP contribution < -0.4 is 5.32 Å². The van der Waals surface area contributed by atoms with E-state index in [0.29, 0.717) is 13.2 Å². The number of aromatic nitrogens is 1. The number of nitrogens with zero attached hydrogens (tertiary/aromatic N) is 3. The lowest BCUT2D eigenvalue weighted by molar-refractivity contribution is -0.193. The molecule has 1 atom stereocenters. The maximum absolute atomic E-state index is 11.7. The Labute approximate surface area is 212 Å². The third-order valence-electron chi connectivity index (χ3n) is 5.23. The first-order chi connectivity index (χ1) is 17.1. The van der Waals surface area contributed by atoms with Crippen molar-refractivity contribution in [1.29, 1.82) is 0 Å². The van der Waals surface area contributed by atoms with Gasteiger partial charge in [0, 0.05) is 43.7 Å². The summed E-state index contributed by atoms with van der Waals surface area (Å²) in [4.78, 5) is 38.7. The normalized spacial score (nSPS) is 21.1. The Hall–Kier alpha value is -2.50. The predicted octanol–water partition coefficient (Wildman–Crippen LogP) is 2.07. The Morgan fingerprint density at radius 1 is 1.08 bits per heavy atom. The number of piperidine rings is 1. The van der Waals surface area contributed by atoms with Crippen LogP contribution in [0.25, 0.3) is 0 Å². The zero-order chi connectivity index (χ0) is 28.3. The summed E-state index contributed by atoms with van der Waals surface area (Å²) >= 11 is 1.72. The molecule has 0 bridgehead atoms. The van der Waals surface area contributed by atoms with E-state index in [1.165, 1.54) is 17.8 Å². The van der Waals surface area contributed by atoms with Crippen molar-refractivity contribution < 1.29 is 55.7 Å². The van der Waals surface area contributed by atoms with Crippen molar-refractivity contribution >= 4 is 29.2 Å². The van der Waals surface area contributed by atoms with Crippen LogP contribution in [-0.2, 0) is 25.7 Å². The van der Waals surface area contributed by atoms with Gasteiger partial charge in [0.15, 0.2) is 0 Å². The van der Waals surface area contributed by atoms with Gasteiger partial charge in [-0.25, -0.2) is 14.6 Å². The zero-order valence-corrected chi connectivity index (χ0v) is 20.6. The number of carboxylic acid groups (broad SMARTS) is 2. The highest BCUT2D eigenvalue weighted by Crippen LogP contribution is 2.33. The zero-order valence-electron chi connectivity index (χ0n) is 19.8. The highest BCUT2D eigenvalue weighted by atomic mass is 32.1. The van der Waals surface area contributed by atoms with E-state index in [0.717, 1.165) is 39.3 Å². The maximum atomic E-state index is 11.7. The van der Waals surface area contributed by atoms with Gasteiger partial charge in [-0.2, -0.15) is 26.3 Å². The van der Waals surface area contributed by atoms with Crippen molar-refractivity contribution in [3.8, 4) is 0 Å². The largest absolute Gasteiger partial charge is 0.490 e. The Morgan fingerprint density at radius 2 is 1.65 bits per heavy atom. The molecule has 2 aliphatic rings. The molecule has 0 aromatic carbocycles. The number of aliphatic carboxylic acids is 2. The van der Waals surface area contributed by atoms with Gasteiger partial charge in [0.1, 0.15) is 5.01 Å². The lowest BCUT2D eigenvalue weighted by Gasteiger charge is -2.43. The summed E-state index contributed by atoms with van der Waals surface area (Å²) in [5, 5.41) is 20.2. The standard InChI is InChI=1S/C16H26N4O2S.2C2HF3O2/c1-17-14(21)9-20-6-7-22-13-16(12-20)3-2-5-19(11-16)10-15-18-4-8-23-15;2*3-2(4,5)1(6)7/h4,8H,2-3,5-7,9-13H2,1H3,(H,17,21);2*(H,6,7). The van der Waals surface area contributed by atoms with Crippen molar-refractivity contribution in [2.24, 2.45) is 5.41 Å². The first-order valence-electron chi connectivity index (χ1n) is 10.8. The average Bonchev–Trinajstić information content (AvgIpc) is 3.22. The van der Waals surface area contributed by atoms with Gasteiger partial charge in [-0.1, -0.05) is 0 Å². The highest BCUT2D eigenvalue weighted by molar-refractivity contribution is 7.09. The van der Waals surface area contributed by atoms with E-state index in [9.17, 15) is 31.1 Å². The van der Waals surface area contributed by atoms with Crippen LogP contribution in [-0.4, -0.2) is 108 Å². The van der Waals surface area contributed by atoms with Gasteiger partial charge in [-0.3, -0.25) is 14.6 Å². The minimum atomic E-state index is -5.08. The van der Waals surface area contributed by atoms with Crippen LogP contribution in [0.4, 0.5) is 26.3 Å². The van der Waals surface area contributed by atoms with Gasteiger partial charge in [0.2, 0.25) is 5.91 Å². The van der Waals surface area contributed by atoms with Crippen molar-refractivity contribution in [2.45, 2.75) is 31.7 Å². The van der Waals surface area contributed by atoms with Gasteiger partial charge < -0.3 is 20.3 Å². The minimum absolute atomic E-state index is 0.0810. The second-order valence-corrected chi connectivity index (χ2v) is 9.26. The fourth-order valence-electron chi connectivity index (χ4n) is 3.71. The number of amides is 1. The van der Waals surface area contributed by atoms with E-state index in [1.807, 2.05) is 11.6 Å². The number of likely N-dealkylation sites (tertiary alicyclic amines) is 1. The summed E-state index contributed by atoms with van der Waals surface area (Å²) < 4.78 is 69.4. The number of alkyl halides is 6. The molecule has 0 saturated carbocycles. The summed E-state index contributed by atoms with van der Waals surface area (Å²) in [6, 6.07) is 0. The molecule has 0 radical (unpaired) electrons. The Bertz CT molecular complexity index is 847. The molecule has 1 aromatic rings. The molecule has 0 aliphatic carbocycles. The molecular weight excluding hydrogens is 538 g/mol. The van der Waals surface area contributed by atoms with Crippen LogP contribution >= 0.6 is 11.3 Å². The van der Waals surface area contributed by atoms with Crippen molar-refractivity contribution in [3.05, 3.63) is 16.6 Å². The Balaban J connectivity index is 0.000000404. The van der Waals surface area contributed by atoms with Crippen molar-refractivity contribution in [1.82, 2.24) is 20.1 Å². The number of carbonyl (C=O) groups excluding carboxylic acids is 1. The number of likely N-dealkylation sites (N-methyl/N-ethyl adjacent to an activating group) is 1. The number of halogens is 6. The van der Waals surface area contributed by atoms with Crippen LogP contribution in [0.5, 0.6) is 0 Å². The molecule has 1 amide bonds. The van der Waals surface area contributed by atoms with Gasteiger partial charge in [0.25, 0.3) is 0 Å². The number of hydrogen-bond acceptors (Lipinski definition) is 8. The molecular formula is C20H28F6N4O6S. The average molecular weight is 567 g/mol. The molecule has 2 fully saturated rings. The first kappa shape index (κ1) is 32.5. The number of carboxylic acids is 2. The van der Waals surface area contributed by atoms with Gasteiger partial charge in [0.05, 0.1) is 26.3 Å². The van der Waals surface area contributed by atoms with Gasteiger partial charge >= 0.3 is 24.3 Å². The number of hydrogen-bond donors (Lipinski definition) is 3. The Kier molecular flexibility index (Phi) is 12.7. The van der Waals surface area contributed by atoms with Gasteiger partial charge in [-0.05, 0) is 19.4 Å². The van der Waals surface area contributed by atoms with Crippen LogP contribution in [0.2, 0.25) is 0 Å². The summed E-state index contributed by atoms with van der Waals surface area (Å²) in [7, 11) is 1.70. The number of carbonyl (C=O) groups is 3. The van der Waals surface area contributed by atoms with E-state index in [4.69, 9.17) is 24.5 Å². The second-order valence-electron chi connectivity index (χ2n) is 8.28. The summed E-state index contributed by atoms with van der Waals surface area (Å²) in [5.41, 5.74) is 0.139. The van der Waals surface area contributed by atoms with E-state index >= 15 is 0 Å². The van der Waals surface area contributed by atoms with Crippen LogP contribution in [0.1, 0.15) is 17.8 Å². The quantitative estimate of drug-likeness (QED) is 0.469. The molecule has 1 unspecified atom stereocenters. The molecule has 2 saturated heterocycles. The summed E-state index contributed by atoms with van der Waals surface area (Å²) in [6.07, 6.45) is -5.94. The van der Waals surface area contributed by atoms with Crippen LogP contribution in [0.3, 0.4) is 0 Å². The Morgan fingerprint density at radius 3 is 2.14 bits per heavy atom. The summed E-state index contributed by atoms with van der Waals surface area (Å²) in [6.45, 7) is 6.82. The number of nitrogens with one attached hydrogen (secondary N) is 1. The number of ether oxygens (including phenoxy) is 1. The SMILES string of the molecule is CNC(=O)CN1CCOCC2(CCCN(Cc3nccs3)C2)C1.O=C(O)C(F)(F)F.O=C(O)C(F)(F)F. The van der Waals surface area contributed by atoms with E-state index in [1.54, 1.807) is 18.4 Å². The molecule has 3 heterocycles. The summed E-state index contributed by atoms with van der Waals surface area (Å²) in [5.74, 6) is -5.43. The fraction of sp³-hybridized carbons (Fsp3) is 0.700. The number of rotatable bonds is 4. The molecule has 1 spiro atoms. The third-order valence-corrected chi connectivity index (χ3v) is 6.00. The molecule has 17 heteroatoms. The minimum Gasteiger partial charge on any atom is -0.475 e. The second kappa shape index (κ2) is 14.4. The van der Waals surface area contributed by atoms with E-state index in [-0.39, 0.29) is 11.3 Å². The maximum Gasteiger partial charge on any atom is 0.490 e. The molecule has 3 N–H and O–H groups in total. The smallest absolute Gasteiger partial charge is 0.475 e. The molecule has 37 heavy (non-hydrogen) atoms. The predicted molar refractivity (Wildman–Crippen MR) is 118 cm³/mol. The topological polar surface area (TPSA) is 132 Å². The van der Waals surface area contributed by atoms with Crippen molar-refractivity contribution in [2.75, 3.05) is 53.0 Å². The van der Waals surface area contributed by atoms with Crippen LogP contribution in [0, 0.1) is 5.41 Å².